The van der Waals surface area contributed by atoms with Crippen molar-refractivity contribution in [3.8, 4) is 0 Å². The fraction of sp³-hybridized carbons (Fsp3) is 0.500. The van der Waals surface area contributed by atoms with E-state index in [1.165, 1.54) is 12.1 Å². The molecular weight excluding hydrogens is 245 g/mol. The molecule has 1 atom stereocenters. The number of benzene rings is 1. The van der Waals surface area contributed by atoms with Crippen molar-refractivity contribution in [3.63, 3.8) is 0 Å². The Hall–Kier alpha value is -1.46. The van der Waals surface area contributed by atoms with Crippen LogP contribution in [0.15, 0.2) is 18.2 Å². The van der Waals surface area contributed by atoms with E-state index in [-0.39, 0.29) is 17.8 Å². The van der Waals surface area contributed by atoms with Crippen LogP contribution in [-0.4, -0.2) is 30.4 Å². The lowest BCUT2D eigenvalue weighted by Gasteiger charge is -2.24. The minimum atomic E-state index is -0.261. The van der Waals surface area contributed by atoms with Gasteiger partial charge in [0, 0.05) is 20.1 Å². The van der Waals surface area contributed by atoms with Gasteiger partial charge in [0.2, 0.25) is 5.91 Å². The van der Waals surface area contributed by atoms with E-state index in [1.54, 1.807) is 13.1 Å². The fourth-order valence-electron chi connectivity index (χ4n) is 2.64. The van der Waals surface area contributed by atoms with E-state index in [0.29, 0.717) is 13.1 Å². The smallest absolute Gasteiger partial charge is 0.237 e. The SMILES string of the molecule is CNC(=O)C1CCCN1Cc1cc(F)ccc1CN. The Kier molecular flexibility index (Phi) is 4.50. The molecule has 0 bridgehead atoms. The third-order valence-corrected chi connectivity index (χ3v) is 3.67. The number of nitrogens with one attached hydrogen (secondary N) is 1. The van der Waals surface area contributed by atoms with Gasteiger partial charge in [0.05, 0.1) is 6.04 Å². The number of amides is 1. The van der Waals surface area contributed by atoms with E-state index in [0.717, 1.165) is 30.5 Å². The fourth-order valence-corrected chi connectivity index (χ4v) is 2.64. The molecule has 0 saturated carbocycles. The predicted molar refractivity (Wildman–Crippen MR) is 71.8 cm³/mol. The van der Waals surface area contributed by atoms with Crippen LogP contribution in [0, 0.1) is 5.82 Å². The second kappa shape index (κ2) is 6.12. The molecule has 1 aliphatic rings. The summed E-state index contributed by atoms with van der Waals surface area (Å²) in [6.45, 7) is 1.81. The van der Waals surface area contributed by atoms with Gasteiger partial charge in [-0.2, -0.15) is 0 Å². The third kappa shape index (κ3) is 3.11. The van der Waals surface area contributed by atoms with Crippen molar-refractivity contribution in [2.75, 3.05) is 13.6 Å². The Labute approximate surface area is 112 Å². The molecule has 0 aliphatic carbocycles. The quantitative estimate of drug-likeness (QED) is 0.853. The zero-order valence-electron chi connectivity index (χ0n) is 11.2. The number of hydrogen-bond acceptors (Lipinski definition) is 3. The normalized spacial score (nSPS) is 19.6. The third-order valence-electron chi connectivity index (χ3n) is 3.67. The molecule has 0 radical (unpaired) electrons. The van der Waals surface area contributed by atoms with Crippen LogP contribution in [0.25, 0.3) is 0 Å². The molecule has 1 fully saturated rings. The molecule has 1 aromatic rings. The molecule has 3 N–H and O–H groups in total. The van der Waals surface area contributed by atoms with Crippen molar-refractivity contribution in [1.82, 2.24) is 10.2 Å². The number of nitrogens with zero attached hydrogens (tertiary/aromatic N) is 1. The Bertz CT molecular complexity index is 464. The Morgan fingerprint density at radius 3 is 3.00 bits per heavy atom. The molecule has 4 nitrogen and oxygen atoms in total. The minimum Gasteiger partial charge on any atom is -0.358 e. The van der Waals surface area contributed by atoms with Crippen LogP contribution in [0.5, 0.6) is 0 Å². The second-order valence-electron chi connectivity index (χ2n) is 4.86. The van der Waals surface area contributed by atoms with Crippen molar-refractivity contribution >= 4 is 5.91 Å². The van der Waals surface area contributed by atoms with E-state index >= 15 is 0 Å². The summed E-state index contributed by atoms with van der Waals surface area (Å²) in [6, 6.07) is 4.54. The van der Waals surface area contributed by atoms with E-state index in [2.05, 4.69) is 10.2 Å². The van der Waals surface area contributed by atoms with Crippen molar-refractivity contribution in [2.24, 2.45) is 5.73 Å². The number of hydrogen-bond donors (Lipinski definition) is 2. The molecule has 1 heterocycles. The Morgan fingerprint density at radius 2 is 2.32 bits per heavy atom. The zero-order valence-corrected chi connectivity index (χ0v) is 11.2. The summed E-state index contributed by atoms with van der Waals surface area (Å²) in [5.74, 6) is -0.230. The summed E-state index contributed by atoms with van der Waals surface area (Å²) in [7, 11) is 1.65. The standard InChI is InChI=1S/C14H20FN3O/c1-17-14(19)13-3-2-6-18(13)9-11-7-12(15)5-4-10(11)8-16/h4-5,7,13H,2-3,6,8-9,16H2,1H3,(H,17,19). The van der Waals surface area contributed by atoms with Crippen LogP contribution in [-0.2, 0) is 17.9 Å². The number of likely N-dealkylation sites (N-methyl/N-ethyl adjacent to an activating group) is 1. The molecule has 104 valence electrons. The molecule has 1 aliphatic heterocycles. The molecule has 0 aromatic heterocycles. The zero-order chi connectivity index (χ0) is 13.8. The van der Waals surface area contributed by atoms with Crippen LogP contribution >= 0.6 is 0 Å². The second-order valence-corrected chi connectivity index (χ2v) is 4.86. The lowest BCUT2D eigenvalue weighted by atomic mass is 10.1. The molecule has 1 aromatic carbocycles. The molecule has 5 heteroatoms. The number of likely N-dealkylation sites (tertiary alicyclic amines) is 1. The van der Waals surface area contributed by atoms with Gasteiger partial charge in [0.15, 0.2) is 0 Å². The van der Waals surface area contributed by atoms with Crippen LogP contribution in [0.3, 0.4) is 0 Å². The summed E-state index contributed by atoms with van der Waals surface area (Å²) in [6.07, 6.45) is 1.85. The van der Waals surface area contributed by atoms with Crippen LogP contribution in [0.1, 0.15) is 24.0 Å². The summed E-state index contributed by atoms with van der Waals surface area (Å²) < 4.78 is 13.3. The molecule has 19 heavy (non-hydrogen) atoms. The van der Waals surface area contributed by atoms with Crippen molar-refractivity contribution in [2.45, 2.75) is 32.0 Å². The highest BCUT2D eigenvalue weighted by Gasteiger charge is 2.30. The summed E-state index contributed by atoms with van der Waals surface area (Å²) in [5.41, 5.74) is 7.48. The highest BCUT2D eigenvalue weighted by atomic mass is 19.1. The van der Waals surface area contributed by atoms with Crippen LogP contribution in [0.2, 0.25) is 0 Å². The lowest BCUT2D eigenvalue weighted by Crippen LogP contribution is -2.41. The number of nitrogens with two attached hydrogens (primary N) is 1. The first-order valence-corrected chi connectivity index (χ1v) is 6.58. The number of rotatable bonds is 4. The van der Waals surface area contributed by atoms with Crippen LogP contribution < -0.4 is 11.1 Å². The van der Waals surface area contributed by atoms with E-state index in [9.17, 15) is 9.18 Å². The van der Waals surface area contributed by atoms with Gasteiger partial charge < -0.3 is 11.1 Å². The molecule has 1 unspecified atom stereocenters. The molecule has 0 spiro atoms. The minimum absolute atomic E-state index is 0.0307. The summed E-state index contributed by atoms with van der Waals surface area (Å²) >= 11 is 0. The van der Waals surface area contributed by atoms with Gasteiger partial charge >= 0.3 is 0 Å². The summed E-state index contributed by atoms with van der Waals surface area (Å²) in [4.78, 5) is 13.9. The van der Waals surface area contributed by atoms with Gasteiger partial charge in [-0.25, -0.2) is 4.39 Å². The number of carbonyl (C=O) groups excluding carboxylic acids is 1. The van der Waals surface area contributed by atoms with Gasteiger partial charge in [-0.3, -0.25) is 9.69 Å². The summed E-state index contributed by atoms with van der Waals surface area (Å²) in [5, 5.41) is 2.68. The predicted octanol–water partition coefficient (Wildman–Crippen LogP) is 0.995. The van der Waals surface area contributed by atoms with Gasteiger partial charge in [-0.1, -0.05) is 6.07 Å². The maximum Gasteiger partial charge on any atom is 0.237 e. The van der Waals surface area contributed by atoms with Gasteiger partial charge in [0.1, 0.15) is 5.82 Å². The average molecular weight is 265 g/mol. The monoisotopic (exact) mass is 265 g/mol. The van der Waals surface area contributed by atoms with E-state index in [1.807, 2.05) is 0 Å². The lowest BCUT2D eigenvalue weighted by molar-refractivity contribution is -0.125. The van der Waals surface area contributed by atoms with Crippen LogP contribution in [0.4, 0.5) is 4.39 Å². The first kappa shape index (κ1) is 14.0. The van der Waals surface area contributed by atoms with E-state index in [4.69, 9.17) is 5.73 Å². The largest absolute Gasteiger partial charge is 0.358 e. The molecule has 1 saturated heterocycles. The topological polar surface area (TPSA) is 58.4 Å². The Morgan fingerprint density at radius 1 is 1.53 bits per heavy atom. The number of carbonyl (C=O) groups is 1. The van der Waals surface area contributed by atoms with Gasteiger partial charge in [-0.05, 0) is 42.6 Å². The van der Waals surface area contributed by atoms with Crippen molar-refractivity contribution in [1.29, 1.82) is 0 Å². The maximum absolute atomic E-state index is 13.3. The first-order chi connectivity index (χ1) is 9.15. The molecular formula is C14H20FN3O. The maximum atomic E-state index is 13.3. The van der Waals surface area contributed by atoms with E-state index < -0.39 is 0 Å². The average Bonchev–Trinajstić information content (AvgIpc) is 2.86. The Balaban J connectivity index is 2.16. The number of halogens is 1. The van der Waals surface area contributed by atoms with Gasteiger partial charge in [-0.15, -0.1) is 0 Å². The first-order valence-electron chi connectivity index (χ1n) is 6.58. The molecule has 2 rings (SSSR count). The molecule has 1 amide bonds. The van der Waals surface area contributed by atoms with Crippen molar-refractivity contribution < 1.29 is 9.18 Å². The van der Waals surface area contributed by atoms with Crippen molar-refractivity contribution in [3.05, 3.63) is 35.1 Å². The van der Waals surface area contributed by atoms with Gasteiger partial charge in [0.25, 0.3) is 0 Å². The highest BCUT2D eigenvalue weighted by molar-refractivity contribution is 5.81. The highest BCUT2D eigenvalue weighted by Crippen LogP contribution is 2.22.